The average Bonchev–Trinajstić information content (AvgIpc) is 2.81. The van der Waals surface area contributed by atoms with E-state index in [4.69, 9.17) is 0 Å². The quantitative estimate of drug-likeness (QED) is 0.0668. The summed E-state index contributed by atoms with van der Waals surface area (Å²) in [5, 5.41) is 0. The molecule has 0 radical (unpaired) electrons. The summed E-state index contributed by atoms with van der Waals surface area (Å²) in [7, 11) is 0. The van der Waals surface area contributed by atoms with Gasteiger partial charge in [0.1, 0.15) is 23.6 Å². The highest BCUT2D eigenvalue weighted by molar-refractivity contribution is 5.76. The fourth-order valence-electron chi connectivity index (χ4n) is 1.63. The van der Waals surface area contributed by atoms with E-state index in [2.05, 4.69) is 39.0 Å². The molecule has 0 bridgehead atoms. The number of Topliss-reactive ketones (excluding diaryl/α,β-unsaturated/α-hetero) is 3. The van der Waals surface area contributed by atoms with Crippen molar-refractivity contribution in [3.63, 3.8) is 0 Å². The van der Waals surface area contributed by atoms with Crippen molar-refractivity contribution in [1.29, 1.82) is 0 Å². The van der Waals surface area contributed by atoms with Crippen LogP contribution in [0.3, 0.4) is 0 Å². The summed E-state index contributed by atoms with van der Waals surface area (Å²) in [6.45, 7) is 16.1. The highest BCUT2D eigenvalue weighted by atomic mass is 16.1. The van der Waals surface area contributed by atoms with Gasteiger partial charge in [0.15, 0.2) is 0 Å². The molecule has 4 heteroatoms. The third kappa shape index (κ3) is 124. The number of ketones is 3. The van der Waals surface area contributed by atoms with Crippen molar-refractivity contribution in [2.45, 2.75) is 114 Å². The highest BCUT2D eigenvalue weighted by Crippen LogP contribution is 1.98. The summed E-state index contributed by atoms with van der Waals surface area (Å²) in [5.74, 6) is 3.10. The highest BCUT2D eigenvalue weighted by Gasteiger charge is 1.89. The Morgan fingerprint density at radius 1 is 0.806 bits per heavy atom. The Morgan fingerprint density at radius 2 is 1.22 bits per heavy atom. The van der Waals surface area contributed by atoms with Crippen LogP contribution in [0.15, 0.2) is 36.5 Å². The van der Waals surface area contributed by atoms with Gasteiger partial charge >= 0.3 is 0 Å². The Kier molecular flexibility index (Phi) is 80.8. The molecule has 0 aromatic rings. The molecule has 0 aromatic carbocycles. The van der Waals surface area contributed by atoms with Crippen LogP contribution in [0, 0.1) is 32.1 Å². The summed E-state index contributed by atoms with van der Waals surface area (Å²) in [6, 6.07) is 0. The predicted octanol–water partition coefficient (Wildman–Crippen LogP) is 8.51. The van der Waals surface area contributed by atoms with Crippen LogP contribution in [0.5, 0.6) is 0 Å². The molecule has 0 aromatic heterocycles. The smallest absolute Gasteiger partial charge is 0.142 e. The Bertz CT molecular complexity index is 599. The molecule has 36 heavy (non-hydrogen) atoms. The molecule has 0 saturated heterocycles. The molecule has 0 amide bonds. The van der Waals surface area contributed by atoms with Gasteiger partial charge in [0.25, 0.3) is 0 Å². The second kappa shape index (κ2) is 58.1. The molecule has 208 valence electrons. The number of terminal acetylenes is 2. The molecule has 0 N–H and O–H groups in total. The SMILES string of the molecule is C.C#C.C#CC.C/C=C/C=C\CCC(C)=O.C/C=C/C=O.CCCCC(C)=O.[CH2-]CCCCC(C)=O. The van der Waals surface area contributed by atoms with Gasteiger partial charge in [0.05, 0.1) is 0 Å². The van der Waals surface area contributed by atoms with Crippen molar-refractivity contribution in [2.24, 2.45) is 0 Å². The molecule has 0 rings (SSSR count). The fourth-order valence-corrected chi connectivity index (χ4v) is 1.63. The van der Waals surface area contributed by atoms with E-state index in [1.807, 2.05) is 31.2 Å². The van der Waals surface area contributed by atoms with E-state index in [0.717, 1.165) is 57.7 Å². The maximum Gasteiger partial charge on any atom is 0.142 e. The van der Waals surface area contributed by atoms with E-state index < -0.39 is 0 Å². The summed E-state index contributed by atoms with van der Waals surface area (Å²) < 4.78 is 0. The van der Waals surface area contributed by atoms with Crippen LogP contribution in [0.25, 0.3) is 0 Å². The van der Waals surface area contributed by atoms with Gasteiger partial charge in [-0.15, -0.1) is 25.2 Å². The third-order valence-electron chi connectivity index (χ3n) is 3.28. The van der Waals surface area contributed by atoms with Crippen molar-refractivity contribution in [3.8, 4) is 25.2 Å². The predicted molar refractivity (Wildman–Crippen MR) is 161 cm³/mol. The van der Waals surface area contributed by atoms with E-state index in [9.17, 15) is 19.2 Å². The maximum absolute atomic E-state index is 10.4. The fraction of sp³-hybridized carbons (Fsp3) is 0.531. The van der Waals surface area contributed by atoms with Gasteiger partial charge in [0, 0.05) is 19.3 Å². The zero-order chi connectivity index (χ0) is 28.8. The van der Waals surface area contributed by atoms with E-state index >= 15 is 0 Å². The number of allylic oxidation sites excluding steroid dienone is 6. The number of unbranched alkanes of at least 4 members (excludes halogenated alkanes) is 3. The largest absolute Gasteiger partial charge is 0.343 e. The lowest BCUT2D eigenvalue weighted by atomic mass is 10.2. The minimum Gasteiger partial charge on any atom is -0.343 e. The molecular formula is C32H55O4-. The van der Waals surface area contributed by atoms with Gasteiger partial charge < -0.3 is 21.3 Å². The number of rotatable bonds is 12. The Morgan fingerprint density at radius 3 is 1.47 bits per heavy atom. The molecule has 0 saturated carbocycles. The molecule has 0 atom stereocenters. The molecule has 0 heterocycles. The van der Waals surface area contributed by atoms with Gasteiger partial charge in [-0.3, -0.25) is 4.79 Å². The first-order valence-corrected chi connectivity index (χ1v) is 12.0. The first-order chi connectivity index (χ1) is 16.6. The van der Waals surface area contributed by atoms with Gasteiger partial charge in [-0.1, -0.05) is 57.6 Å². The van der Waals surface area contributed by atoms with E-state index in [0.29, 0.717) is 18.0 Å². The third-order valence-corrected chi connectivity index (χ3v) is 3.28. The molecule has 0 spiro atoms. The van der Waals surface area contributed by atoms with Crippen LogP contribution in [0.2, 0.25) is 0 Å². The Labute approximate surface area is 225 Å². The molecule has 0 aliphatic rings. The number of aldehydes is 1. The molecule has 0 aliphatic carbocycles. The van der Waals surface area contributed by atoms with Gasteiger partial charge in [-0.25, -0.2) is 0 Å². The average molecular weight is 504 g/mol. The zero-order valence-electron chi connectivity index (χ0n) is 23.5. The first-order valence-electron chi connectivity index (χ1n) is 12.0. The summed E-state index contributed by atoms with van der Waals surface area (Å²) >= 11 is 0. The minimum absolute atomic E-state index is 0. The maximum atomic E-state index is 10.4. The van der Waals surface area contributed by atoms with Gasteiger partial charge in [0.2, 0.25) is 0 Å². The Hall–Kier alpha value is -2.98. The lowest BCUT2D eigenvalue weighted by Crippen LogP contribution is -1.87. The molecule has 4 nitrogen and oxygen atoms in total. The standard InChI is InChI=1S/C9H14O.C7H13O.C6H12O.C4H6O.C3H4.C2H2.CH4/c1-3-4-5-6-7-8-9(2)10;1-3-4-5-6-7(2)8;1-3-4-5-6(2)7;1-2-3-4-5;1-3-2;1-2;/h3-6H,7-8H2,1-2H3;1,3-6H2,2H3;3-5H2,1-2H3;2-4H,1H3;1H,2H3;1-2H;1H4/q;-1;;;;;/b4-3+,6-5-;;;3-2+;;;. The molecule has 0 unspecified atom stereocenters. The van der Waals surface area contributed by atoms with Crippen molar-refractivity contribution < 1.29 is 19.2 Å². The van der Waals surface area contributed by atoms with Crippen molar-refractivity contribution in [2.75, 3.05) is 0 Å². The van der Waals surface area contributed by atoms with E-state index in [-0.39, 0.29) is 13.2 Å². The minimum atomic E-state index is 0. The van der Waals surface area contributed by atoms with E-state index in [1.165, 1.54) is 6.08 Å². The van der Waals surface area contributed by atoms with Crippen molar-refractivity contribution in [1.82, 2.24) is 0 Å². The van der Waals surface area contributed by atoms with Crippen molar-refractivity contribution in [3.05, 3.63) is 43.4 Å². The summed E-state index contributed by atoms with van der Waals surface area (Å²) in [5.41, 5.74) is 0. The topological polar surface area (TPSA) is 68.3 Å². The van der Waals surface area contributed by atoms with Crippen molar-refractivity contribution >= 4 is 23.6 Å². The number of hydrogen-bond donors (Lipinski definition) is 0. The first kappa shape index (κ1) is 50.0. The van der Waals surface area contributed by atoms with Crippen LogP contribution in [-0.2, 0) is 19.2 Å². The monoisotopic (exact) mass is 503 g/mol. The molecular weight excluding hydrogens is 448 g/mol. The molecule has 0 aliphatic heterocycles. The molecule has 0 fully saturated rings. The van der Waals surface area contributed by atoms with Crippen LogP contribution in [-0.4, -0.2) is 23.6 Å². The number of carbonyl (C=O) groups is 4. The zero-order valence-corrected chi connectivity index (χ0v) is 23.5. The Balaban J connectivity index is -0.0000000593. The second-order valence-corrected chi connectivity index (χ2v) is 6.96. The normalized spacial score (nSPS) is 8.47. The summed E-state index contributed by atoms with van der Waals surface area (Å²) in [6.07, 6.45) is 32.6. The lowest BCUT2D eigenvalue weighted by Gasteiger charge is -1.94. The number of carbonyl (C=O) groups excluding carboxylic acids is 4. The summed E-state index contributed by atoms with van der Waals surface area (Å²) in [4.78, 5) is 40.2. The number of hydrogen-bond acceptors (Lipinski definition) is 4. The van der Waals surface area contributed by atoms with E-state index in [1.54, 1.807) is 40.7 Å². The van der Waals surface area contributed by atoms with Crippen LogP contribution < -0.4 is 0 Å². The van der Waals surface area contributed by atoms with Gasteiger partial charge in [-0.05, 0) is 66.9 Å². The van der Waals surface area contributed by atoms with Crippen LogP contribution in [0.4, 0.5) is 0 Å². The van der Waals surface area contributed by atoms with Crippen LogP contribution >= 0.6 is 0 Å². The lowest BCUT2D eigenvalue weighted by molar-refractivity contribution is -0.117. The van der Waals surface area contributed by atoms with Gasteiger partial charge in [-0.2, -0.15) is 6.42 Å². The second-order valence-electron chi connectivity index (χ2n) is 6.96. The van der Waals surface area contributed by atoms with Crippen LogP contribution in [0.1, 0.15) is 114 Å².